The molecule has 0 fully saturated rings. The average molecular weight is 320 g/mol. The number of nitrogens with zero attached hydrogens (tertiary/aromatic N) is 1. The molecular formula is C15H14BrNO2. The maximum absolute atomic E-state index is 11.8. The first-order valence-corrected chi connectivity index (χ1v) is 6.79. The standard InChI is InChI=1S/C15H14BrNO2/c1-11-10-12(5-6-14(11)16)15(18)19-9-7-13-4-2-3-8-17-13/h2-6,8,10H,7,9H2,1H3. The van der Waals surface area contributed by atoms with Crippen molar-refractivity contribution in [1.29, 1.82) is 0 Å². The number of ether oxygens (including phenoxy) is 1. The van der Waals surface area contributed by atoms with E-state index in [0.29, 0.717) is 18.6 Å². The van der Waals surface area contributed by atoms with E-state index in [-0.39, 0.29) is 5.97 Å². The number of halogens is 1. The van der Waals surface area contributed by atoms with Crippen LogP contribution in [0, 0.1) is 6.92 Å². The summed E-state index contributed by atoms with van der Waals surface area (Å²) in [6.45, 7) is 2.28. The van der Waals surface area contributed by atoms with Crippen molar-refractivity contribution in [3.05, 3.63) is 63.9 Å². The molecule has 0 aliphatic heterocycles. The van der Waals surface area contributed by atoms with Gasteiger partial charge in [-0.1, -0.05) is 22.0 Å². The molecule has 0 N–H and O–H groups in total. The normalized spacial score (nSPS) is 10.2. The molecule has 0 aliphatic rings. The van der Waals surface area contributed by atoms with Crippen LogP contribution in [0.25, 0.3) is 0 Å². The lowest BCUT2D eigenvalue weighted by Gasteiger charge is -2.06. The molecule has 0 bridgehead atoms. The van der Waals surface area contributed by atoms with Crippen LogP contribution in [-0.2, 0) is 11.2 Å². The maximum atomic E-state index is 11.8. The molecule has 0 amide bonds. The third kappa shape index (κ3) is 3.89. The Morgan fingerprint density at radius 3 is 2.84 bits per heavy atom. The molecule has 0 saturated carbocycles. The highest BCUT2D eigenvalue weighted by Crippen LogP contribution is 2.17. The van der Waals surface area contributed by atoms with E-state index in [4.69, 9.17) is 4.74 Å². The summed E-state index contributed by atoms with van der Waals surface area (Å²) in [5.74, 6) is -0.300. The second-order valence-corrected chi connectivity index (χ2v) is 5.03. The molecule has 0 spiro atoms. The summed E-state index contributed by atoms with van der Waals surface area (Å²) in [6, 6.07) is 11.1. The molecule has 3 nitrogen and oxygen atoms in total. The van der Waals surface area contributed by atoms with E-state index in [1.54, 1.807) is 12.3 Å². The number of carbonyl (C=O) groups is 1. The van der Waals surface area contributed by atoms with E-state index in [0.717, 1.165) is 15.7 Å². The summed E-state index contributed by atoms with van der Waals surface area (Å²) in [7, 11) is 0. The van der Waals surface area contributed by atoms with Crippen LogP contribution in [0.5, 0.6) is 0 Å². The number of hydrogen-bond donors (Lipinski definition) is 0. The van der Waals surface area contributed by atoms with Crippen LogP contribution in [-0.4, -0.2) is 17.6 Å². The summed E-state index contributed by atoms with van der Waals surface area (Å²) < 4.78 is 6.22. The lowest BCUT2D eigenvalue weighted by atomic mass is 10.1. The quantitative estimate of drug-likeness (QED) is 0.809. The van der Waals surface area contributed by atoms with Crippen molar-refractivity contribution >= 4 is 21.9 Å². The zero-order valence-corrected chi connectivity index (χ0v) is 12.2. The van der Waals surface area contributed by atoms with E-state index >= 15 is 0 Å². The SMILES string of the molecule is Cc1cc(C(=O)OCCc2ccccn2)ccc1Br. The van der Waals surface area contributed by atoms with Crippen LogP contribution < -0.4 is 0 Å². The highest BCUT2D eigenvalue weighted by Gasteiger charge is 2.08. The van der Waals surface area contributed by atoms with Gasteiger partial charge < -0.3 is 4.74 Å². The van der Waals surface area contributed by atoms with Gasteiger partial charge >= 0.3 is 5.97 Å². The Hall–Kier alpha value is -1.68. The monoisotopic (exact) mass is 319 g/mol. The number of benzene rings is 1. The van der Waals surface area contributed by atoms with Crippen molar-refractivity contribution in [3.63, 3.8) is 0 Å². The van der Waals surface area contributed by atoms with Gasteiger partial charge in [0.25, 0.3) is 0 Å². The minimum absolute atomic E-state index is 0.300. The Morgan fingerprint density at radius 1 is 1.32 bits per heavy atom. The minimum atomic E-state index is -0.300. The summed E-state index contributed by atoms with van der Waals surface area (Å²) in [4.78, 5) is 16.0. The largest absolute Gasteiger partial charge is 0.462 e. The van der Waals surface area contributed by atoms with E-state index < -0.39 is 0 Å². The van der Waals surface area contributed by atoms with Crippen LogP contribution in [0.4, 0.5) is 0 Å². The average Bonchev–Trinajstić information content (AvgIpc) is 2.43. The first-order valence-electron chi connectivity index (χ1n) is 6.00. The lowest BCUT2D eigenvalue weighted by molar-refractivity contribution is 0.0508. The van der Waals surface area contributed by atoms with Gasteiger partial charge in [0.05, 0.1) is 12.2 Å². The summed E-state index contributed by atoms with van der Waals surface area (Å²) in [6.07, 6.45) is 2.36. The van der Waals surface area contributed by atoms with E-state index in [9.17, 15) is 4.79 Å². The number of hydrogen-bond acceptors (Lipinski definition) is 3. The fourth-order valence-electron chi connectivity index (χ4n) is 1.65. The van der Waals surface area contributed by atoms with Crippen molar-refractivity contribution in [2.75, 3.05) is 6.61 Å². The third-order valence-corrected chi connectivity index (χ3v) is 3.60. The highest BCUT2D eigenvalue weighted by molar-refractivity contribution is 9.10. The smallest absolute Gasteiger partial charge is 0.338 e. The van der Waals surface area contributed by atoms with Crippen LogP contribution in [0.3, 0.4) is 0 Å². The predicted octanol–water partition coefficient (Wildman–Crippen LogP) is 3.55. The molecule has 0 aliphatic carbocycles. The minimum Gasteiger partial charge on any atom is -0.462 e. The number of pyridine rings is 1. The van der Waals surface area contributed by atoms with E-state index in [1.807, 2.05) is 37.3 Å². The van der Waals surface area contributed by atoms with E-state index in [1.165, 1.54) is 0 Å². The number of aryl methyl sites for hydroxylation is 1. The molecule has 1 heterocycles. The predicted molar refractivity (Wildman–Crippen MR) is 77.1 cm³/mol. The maximum Gasteiger partial charge on any atom is 0.338 e. The van der Waals surface area contributed by atoms with Crippen LogP contribution in [0.15, 0.2) is 47.1 Å². The summed E-state index contributed by atoms with van der Waals surface area (Å²) in [5.41, 5.74) is 2.50. The van der Waals surface area contributed by atoms with Crippen molar-refractivity contribution < 1.29 is 9.53 Å². The second kappa shape index (κ2) is 6.48. The summed E-state index contributed by atoms with van der Waals surface area (Å²) in [5, 5.41) is 0. The number of aromatic nitrogens is 1. The molecule has 2 rings (SSSR count). The van der Waals surface area contributed by atoms with E-state index in [2.05, 4.69) is 20.9 Å². The first-order chi connectivity index (χ1) is 9.16. The molecule has 0 radical (unpaired) electrons. The van der Waals surface area contributed by atoms with Crippen molar-refractivity contribution in [1.82, 2.24) is 4.98 Å². The van der Waals surface area contributed by atoms with Crippen molar-refractivity contribution in [2.24, 2.45) is 0 Å². The molecule has 0 unspecified atom stereocenters. The van der Waals surface area contributed by atoms with Gasteiger partial charge in [-0.2, -0.15) is 0 Å². The molecule has 98 valence electrons. The topological polar surface area (TPSA) is 39.2 Å². The zero-order chi connectivity index (χ0) is 13.7. The Labute approximate surface area is 120 Å². The molecule has 0 saturated heterocycles. The van der Waals surface area contributed by atoms with Crippen LogP contribution in [0.2, 0.25) is 0 Å². The molecule has 1 aromatic carbocycles. The van der Waals surface area contributed by atoms with Crippen LogP contribution in [0.1, 0.15) is 21.6 Å². The molecule has 4 heteroatoms. The van der Waals surface area contributed by atoms with Gasteiger partial charge in [-0.05, 0) is 42.8 Å². The zero-order valence-electron chi connectivity index (χ0n) is 10.6. The summed E-state index contributed by atoms with van der Waals surface area (Å²) >= 11 is 3.40. The highest BCUT2D eigenvalue weighted by atomic mass is 79.9. The molecular weight excluding hydrogens is 306 g/mol. The molecule has 19 heavy (non-hydrogen) atoms. The van der Waals surface area contributed by atoms with Crippen LogP contribution >= 0.6 is 15.9 Å². The number of esters is 1. The molecule has 0 atom stereocenters. The Kier molecular flexibility index (Phi) is 4.68. The van der Waals surface area contributed by atoms with Gasteiger partial charge in [0, 0.05) is 22.8 Å². The van der Waals surface area contributed by atoms with Gasteiger partial charge in [-0.25, -0.2) is 4.79 Å². The molecule has 1 aromatic heterocycles. The van der Waals surface area contributed by atoms with Crippen molar-refractivity contribution in [3.8, 4) is 0 Å². The van der Waals surface area contributed by atoms with Gasteiger partial charge in [-0.3, -0.25) is 4.98 Å². The first kappa shape index (κ1) is 13.7. The number of rotatable bonds is 4. The fourth-order valence-corrected chi connectivity index (χ4v) is 1.90. The van der Waals surface area contributed by atoms with Gasteiger partial charge in [-0.15, -0.1) is 0 Å². The Morgan fingerprint density at radius 2 is 2.16 bits per heavy atom. The van der Waals surface area contributed by atoms with Gasteiger partial charge in [0.1, 0.15) is 0 Å². The van der Waals surface area contributed by atoms with Gasteiger partial charge in [0.2, 0.25) is 0 Å². The van der Waals surface area contributed by atoms with Crippen molar-refractivity contribution in [2.45, 2.75) is 13.3 Å². The molecule has 2 aromatic rings. The Balaban J connectivity index is 1.89. The second-order valence-electron chi connectivity index (χ2n) is 4.17. The number of carbonyl (C=O) groups excluding carboxylic acids is 1. The van der Waals surface area contributed by atoms with Gasteiger partial charge in [0.15, 0.2) is 0 Å². The third-order valence-electron chi connectivity index (χ3n) is 2.71. The lowest BCUT2D eigenvalue weighted by Crippen LogP contribution is -2.09. The Bertz CT molecular complexity index is 570. The fraction of sp³-hybridized carbons (Fsp3) is 0.200.